The molecule has 2 aromatic rings. The number of aromatic amines is 1. The topological polar surface area (TPSA) is 32.9 Å². The lowest BCUT2D eigenvalue weighted by molar-refractivity contribution is 0.112. The molecule has 2 nitrogen and oxygen atoms in total. The highest BCUT2D eigenvalue weighted by atomic mass is 127. The Hall–Kier alpha value is -0.910. The lowest BCUT2D eigenvalue weighted by atomic mass is 10.2. The molecule has 1 heterocycles. The largest absolute Gasteiger partial charge is 0.360 e. The van der Waals surface area contributed by atoms with E-state index in [4.69, 9.17) is 0 Å². The Balaban J connectivity index is 2.93. The van der Waals surface area contributed by atoms with Crippen LogP contribution in [0.5, 0.6) is 0 Å². The van der Waals surface area contributed by atoms with Crippen molar-refractivity contribution in [3.63, 3.8) is 0 Å². The molecule has 13 heavy (non-hydrogen) atoms. The average Bonchev–Trinajstić information content (AvgIpc) is 2.55. The molecule has 4 heteroatoms. The van der Waals surface area contributed by atoms with Crippen molar-refractivity contribution in [3.8, 4) is 0 Å². The molecule has 0 bridgehead atoms. The number of aldehydes is 1. The maximum absolute atomic E-state index is 13.5. The predicted octanol–water partition coefficient (Wildman–Crippen LogP) is 2.72. The second-order valence-electron chi connectivity index (χ2n) is 2.65. The number of H-pyrrole nitrogens is 1. The molecule has 0 radical (unpaired) electrons. The van der Waals surface area contributed by atoms with E-state index in [9.17, 15) is 9.18 Å². The van der Waals surface area contributed by atoms with Crippen LogP contribution in [0, 0.1) is 9.39 Å². The van der Waals surface area contributed by atoms with Crippen molar-refractivity contribution in [2.75, 3.05) is 0 Å². The lowest BCUT2D eigenvalue weighted by Gasteiger charge is -1.96. The van der Waals surface area contributed by atoms with Crippen molar-refractivity contribution in [1.29, 1.82) is 0 Å². The summed E-state index contributed by atoms with van der Waals surface area (Å²) in [6, 6.07) is 3.43. The summed E-state index contributed by atoms with van der Waals surface area (Å²) in [5, 5.41) is 0.377. The minimum atomic E-state index is -0.332. The van der Waals surface area contributed by atoms with Gasteiger partial charge in [0.05, 0.1) is 0 Å². The first-order valence-corrected chi connectivity index (χ1v) is 4.72. The Bertz CT molecular complexity index is 478. The van der Waals surface area contributed by atoms with Gasteiger partial charge >= 0.3 is 0 Å². The number of carbonyl (C=O) groups excluding carboxylic acids is 1. The molecule has 1 N–H and O–H groups in total. The highest BCUT2D eigenvalue weighted by Crippen LogP contribution is 2.24. The molecule has 1 aromatic carbocycles. The molecule has 0 aliphatic heterocycles. The fourth-order valence-corrected chi connectivity index (χ4v) is 1.72. The van der Waals surface area contributed by atoms with E-state index in [0.717, 1.165) is 0 Å². The molecule has 0 spiro atoms. The van der Waals surface area contributed by atoms with Crippen molar-refractivity contribution in [3.05, 3.63) is 33.3 Å². The van der Waals surface area contributed by atoms with Gasteiger partial charge in [-0.15, -0.1) is 0 Å². The van der Waals surface area contributed by atoms with Gasteiger partial charge in [-0.2, -0.15) is 0 Å². The maximum atomic E-state index is 13.5. The Morgan fingerprint density at radius 3 is 2.92 bits per heavy atom. The van der Waals surface area contributed by atoms with Crippen LogP contribution in [-0.2, 0) is 0 Å². The molecule has 0 saturated heterocycles. The summed E-state index contributed by atoms with van der Waals surface area (Å²) in [5.41, 5.74) is 1.02. The molecular weight excluding hydrogens is 284 g/mol. The standard InChI is InChI=1S/C9H5FINO/c10-9-6(11)1-2-7-8(9)5(4-13)3-12-7/h1-4,12H. The molecule has 0 fully saturated rings. The summed E-state index contributed by atoms with van der Waals surface area (Å²) in [6.07, 6.45) is 2.16. The first-order valence-electron chi connectivity index (χ1n) is 3.64. The van der Waals surface area contributed by atoms with Crippen LogP contribution in [0.4, 0.5) is 4.39 Å². The molecule has 0 aliphatic carbocycles. The minimum absolute atomic E-state index is 0.332. The third-order valence-electron chi connectivity index (χ3n) is 1.89. The predicted molar refractivity (Wildman–Crippen MR) is 56.4 cm³/mol. The minimum Gasteiger partial charge on any atom is -0.360 e. The van der Waals surface area contributed by atoms with Crippen molar-refractivity contribution < 1.29 is 9.18 Å². The fraction of sp³-hybridized carbons (Fsp3) is 0. The van der Waals surface area contributed by atoms with Crippen molar-refractivity contribution >= 4 is 39.8 Å². The van der Waals surface area contributed by atoms with Crippen LogP contribution in [0.1, 0.15) is 10.4 Å². The first-order chi connectivity index (χ1) is 6.24. The van der Waals surface area contributed by atoms with Crippen molar-refractivity contribution in [1.82, 2.24) is 4.98 Å². The third-order valence-corrected chi connectivity index (χ3v) is 2.73. The van der Waals surface area contributed by atoms with Gasteiger partial charge in [-0.05, 0) is 34.7 Å². The van der Waals surface area contributed by atoms with E-state index in [1.807, 2.05) is 22.6 Å². The van der Waals surface area contributed by atoms with Gasteiger partial charge in [0.1, 0.15) is 5.82 Å². The average molecular weight is 289 g/mol. The summed E-state index contributed by atoms with van der Waals surface area (Å²) in [5.74, 6) is -0.332. The summed E-state index contributed by atoms with van der Waals surface area (Å²) >= 11 is 1.90. The number of halogens is 2. The number of hydrogen-bond donors (Lipinski definition) is 1. The van der Waals surface area contributed by atoms with Crippen molar-refractivity contribution in [2.45, 2.75) is 0 Å². The molecule has 2 rings (SSSR count). The summed E-state index contributed by atoms with van der Waals surface area (Å²) in [4.78, 5) is 13.4. The van der Waals surface area contributed by atoms with E-state index in [-0.39, 0.29) is 5.82 Å². The normalized spacial score (nSPS) is 10.6. The number of nitrogens with one attached hydrogen (secondary N) is 1. The second-order valence-corrected chi connectivity index (χ2v) is 3.81. The third kappa shape index (κ3) is 1.25. The Morgan fingerprint density at radius 2 is 2.23 bits per heavy atom. The Kier molecular flexibility index (Phi) is 2.07. The zero-order valence-corrected chi connectivity index (χ0v) is 8.63. The van der Waals surface area contributed by atoms with E-state index < -0.39 is 0 Å². The first kappa shape index (κ1) is 8.68. The highest BCUT2D eigenvalue weighted by molar-refractivity contribution is 14.1. The highest BCUT2D eigenvalue weighted by Gasteiger charge is 2.10. The molecule has 0 atom stereocenters. The van der Waals surface area contributed by atoms with Crippen LogP contribution in [-0.4, -0.2) is 11.3 Å². The summed E-state index contributed by atoms with van der Waals surface area (Å²) in [7, 11) is 0. The zero-order chi connectivity index (χ0) is 9.42. The quantitative estimate of drug-likeness (QED) is 0.635. The van der Waals surface area contributed by atoms with Crippen LogP contribution in [0.15, 0.2) is 18.3 Å². The van der Waals surface area contributed by atoms with Gasteiger partial charge < -0.3 is 4.98 Å². The van der Waals surface area contributed by atoms with Gasteiger partial charge in [0.15, 0.2) is 6.29 Å². The lowest BCUT2D eigenvalue weighted by Crippen LogP contribution is -1.85. The molecule has 0 amide bonds. The summed E-state index contributed by atoms with van der Waals surface area (Å²) in [6.45, 7) is 0. The molecular formula is C9H5FINO. The monoisotopic (exact) mass is 289 g/mol. The molecule has 1 aromatic heterocycles. The van der Waals surface area contributed by atoms with E-state index in [1.165, 1.54) is 6.20 Å². The number of aromatic nitrogens is 1. The molecule has 0 unspecified atom stereocenters. The van der Waals surface area contributed by atoms with E-state index in [0.29, 0.717) is 26.3 Å². The fourth-order valence-electron chi connectivity index (χ4n) is 1.27. The van der Waals surface area contributed by atoms with E-state index >= 15 is 0 Å². The van der Waals surface area contributed by atoms with Gasteiger partial charge in [0.25, 0.3) is 0 Å². The Labute approximate surface area is 87.3 Å². The molecule has 0 aliphatic rings. The number of carbonyl (C=O) groups is 1. The SMILES string of the molecule is O=Cc1c[nH]c2ccc(I)c(F)c12. The van der Waals surface area contributed by atoms with Crippen LogP contribution in [0.25, 0.3) is 10.9 Å². The Morgan fingerprint density at radius 1 is 1.46 bits per heavy atom. The van der Waals surface area contributed by atoms with Gasteiger partial charge in [0.2, 0.25) is 0 Å². The van der Waals surface area contributed by atoms with Gasteiger partial charge in [-0.3, -0.25) is 4.79 Å². The van der Waals surface area contributed by atoms with E-state index in [2.05, 4.69) is 4.98 Å². The molecule has 0 saturated carbocycles. The van der Waals surface area contributed by atoms with Gasteiger partial charge in [0, 0.05) is 26.2 Å². The maximum Gasteiger partial charge on any atom is 0.152 e. The second kappa shape index (κ2) is 3.10. The smallest absolute Gasteiger partial charge is 0.152 e. The number of hydrogen-bond acceptors (Lipinski definition) is 1. The molecule has 66 valence electrons. The van der Waals surface area contributed by atoms with Crippen LogP contribution < -0.4 is 0 Å². The van der Waals surface area contributed by atoms with Gasteiger partial charge in [-0.25, -0.2) is 4.39 Å². The van der Waals surface area contributed by atoms with Crippen LogP contribution in [0.3, 0.4) is 0 Å². The van der Waals surface area contributed by atoms with Crippen LogP contribution in [0.2, 0.25) is 0 Å². The summed E-state index contributed by atoms with van der Waals surface area (Å²) < 4.78 is 14.0. The number of fused-ring (bicyclic) bond motifs is 1. The van der Waals surface area contributed by atoms with Crippen LogP contribution >= 0.6 is 22.6 Å². The van der Waals surface area contributed by atoms with Crippen molar-refractivity contribution in [2.24, 2.45) is 0 Å². The zero-order valence-electron chi connectivity index (χ0n) is 6.47. The van der Waals surface area contributed by atoms with Gasteiger partial charge in [-0.1, -0.05) is 0 Å². The number of benzene rings is 1. The number of rotatable bonds is 1. The van der Waals surface area contributed by atoms with E-state index in [1.54, 1.807) is 12.1 Å².